The van der Waals surface area contributed by atoms with Crippen molar-refractivity contribution >= 4 is 33.9 Å². The van der Waals surface area contributed by atoms with Gasteiger partial charge < -0.3 is 9.84 Å². The summed E-state index contributed by atoms with van der Waals surface area (Å²) in [7, 11) is 0. The average molecular weight is 465 g/mol. The fourth-order valence-electron chi connectivity index (χ4n) is 4.44. The highest BCUT2D eigenvalue weighted by Gasteiger charge is 2.47. The molecule has 174 valence electrons. The standard InChI is InChI=1S/C29H24N2O4/c1-2-18-35-22-12-10-21(11-13-22)27(32)25-26(20-14-16-30-17-15-20)31(29(34)28(25)33)24-9-5-7-19-6-3-4-8-23(19)24/h3-17,26,32H,2,18H2,1H3/b27-25+. The molecule has 1 atom stereocenters. The average Bonchev–Trinajstić information content (AvgIpc) is 3.17. The first-order valence-electron chi connectivity index (χ1n) is 11.5. The van der Waals surface area contributed by atoms with E-state index in [0.717, 1.165) is 17.2 Å². The number of ketones is 1. The van der Waals surface area contributed by atoms with Gasteiger partial charge >= 0.3 is 0 Å². The van der Waals surface area contributed by atoms with Crippen LogP contribution in [-0.4, -0.2) is 28.4 Å². The molecular weight excluding hydrogens is 440 g/mol. The van der Waals surface area contributed by atoms with Gasteiger partial charge in [-0.1, -0.05) is 43.3 Å². The normalized spacial score (nSPS) is 17.2. The summed E-state index contributed by atoms with van der Waals surface area (Å²) >= 11 is 0. The van der Waals surface area contributed by atoms with E-state index in [1.54, 1.807) is 48.8 Å². The number of nitrogens with zero attached hydrogens (tertiary/aromatic N) is 2. The number of anilines is 1. The van der Waals surface area contributed by atoms with Gasteiger partial charge in [-0.3, -0.25) is 19.5 Å². The van der Waals surface area contributed by atoms with Gasteiger partial charge in [-0.05, 0) is 59.8 Å². The summed E-state index contributed by atoms with van der Waals surface area (Å²) in [5.74, 6) is -0.976. The van der Waals surface area contributed by atoms with Gasteiger partial charge in [-0.2, -0.15) is 0 Å². The molecule has 0 bridgehead atoms. The first-order valence-corrected chi connectivity index (χ1v) is 11.5. The Labute approximate surface area is 203 Å². The summed E-state index contributed by atoms with van der Waals surface area (Å²) in [6.45, 7) is 2.61. The van der Waals surface area contributed by atoms with E-state index in [1.165, 1.54) is 4.90 Å². The molecule has 1 saturated heterocycles. The maximum Gasteiger partial charge on any atom is 0.300 e. The highest BCUT2D eigenvalue weighted by Crippen LogP contribution is 2.44. The monoisotopic (exact) mass is 464 g/mol. The smallest absolute Gasteiger partial charge is 0.300 e. The van der Waals surface area contributed by atoms with E-state index in [2.05, 4.69) is 4.98 Å². The minimum atomic E-state index is -0.806. The number of carbonyl (C=O) groups excluding carboxylic acids is 2. The zero-order chi connectivity index (χ0) is 24.4. The molecule has 1 aliphatic rings. The third-order valence-corrected chi connectivity index (χ3v) is 6.09. The Balaban J connectivity index is 1.68. The van der Waals surface area contributed by atoms with Crippen molar-refractivity contribution in [1.82, 2.24) is 4.98 Å². The molecule has 6 heteroatoms. The third-order valence-electron chi connectivity index (χ3n) is 6.09. The first-order chi connectivity index (χ1) is 17.1. The Morgan fingerprint density at radius 2 is 1.66 bits per heavy atom. The van der Waals surface area contributed by atoms with Gasteiger partial charge in [0, 0.05) is 23.3 Å². The van der Waals surface area contributed by atoms with Crippen LogP contribution < -0.4 is 9.64 Å². The maximum atomic E-state index is 13.4. The molecule has 0 saturated carbocycles. The van der Waals surface area contributed by atoms with Crippen molar-refractivity contribution in [2.75, 3.05) is 11.5 Å². The zero-order valence-corrected chi connectivity index (χ0v) is 19.2. The second-order valence-corrected chi connectivity index (χ2v) is 8.32. The number of Topliss-reactive ketones (excluding diaryl/α,β-unsaturated/α-hetero) is 1. The zero-order valence-electron chi connectivity index (χ0n) is 19.2. The van der Waals surface area contributed by atoms with Crippen LogP contribution in [0.25, 0.3) is 16.5 Å². The van der Waals surface area contributed by atoms with Crippen molar-refractivity contribution in [1.29, 1.82) is 0 Å². The van der Waals surface area contributed by atoms with Crippen molar-refractivity contribution in [2.24, 2.45) is 0 Å². The maximum absolute atomic E-state index is 13.4. The molecule has 0 aliphatic carbocycles. The van der Waals surface area contributed by atoms with Crippen LogP contribution in [-0.2, 0) is 9.59 Å². The lowest BCUT2D eigenvalue weighted by Gasteiger charge is -2.26. The van der Waals surface area contributed by atoms with Gasteiger partial charge in [-0.25, -0.2) is 0 Å². The van der Waals surface area contributed by atoms with Crippen LogP contribution in [0.1, 0.15) is 30.5 Å². The van der Waals surface area contributed by atoms with Crippen molar-refractivity contribution in [2.45, 2.75) is 19.4 Å². The molecular formula is C29H24N2O4. The van der Waals surface area contributed by atoms with E-state index in [4.69, 9.17) is 4.74 Å². The molecule has 1 aromatic heterocycles. The molecule has 1 unspecified atom stereocenters. The number of pyridine rings is 1. The van der Waals surface area contributed by atoms with Gasteiger partial charge in [-0.15, -0.1) is 0 Å². The number of rotatable bonds is 6. The van der Waals surface area contributed by atoms with Crippen LogP contribution in [0, 0.1) is 0 Å². The Hall–Kier alpha value is -4.45. The van der Waals surface area contributed by atoms with E-state index in [0.29, 0.717) is 29.2 Å². The number of hydrogen-bond donors (Lipinski definition) is 1. The molecule has 1 amide bonds. The predicted octanol–water partition coefficient (Wildman–Crippen LogP) is 5.65. The highest BCUT2D eigenvalue weighted by molar-refractivity contribution is 6.52. The SMILES string of the molecule is CCCOc1ccc(/C(O)=C2\C(=O)C(=O)N(c3cccc4ccccc34)C2c2ccncc2)cc1. The van der Waals surface area contributed by atoms with Gasteiger partial charge in [0.25, 0.3) is 11.7 Å². The minimum absolute atomic E-state index is 0.0383. The predicted molar refractivity (Wildman–Crippen MR) is 135 cm³/mol. The lowest BCUT2D eigenvalue weighted by atomic mass is 9.95. The Kier molecular flexibility index (Phi) is 6.02. The van der Waals surface area contributed by atoms with Gasteiger partial charge in [0.2, 0.25) is 0 Å². The molecule has 3 aromatic carbocycles. The summed E-state index contributed by atoms with van der Waals surface area (Å²) in [6, 6.07) is 22.9. The van der Waals surface area contributed by atoms with Crippen LogP contribution in [0.3, 0.4) is 0 Å². The summed E-state index contributed by atoms with van der Waals surface area (Å²) in [5.41, 5.74) is 1.76. The van der Waals surface area contributed by atoms with Gasteiger partial charge in [0.05, 0.1) is 23.9 Å². The fraction of sp³-hybridized carbons (Fsp3) is 0.138. The number of aliphatic hydroxyl groups is 1. The van der Waals surface area contributed by atoms with Crippen molar-refractivity contribution < 1.29 is 19.4 Å². The van der Waals surface area contributed by atoms with Crippen LogP contribution in [0.4, 0.5) is 5.69 Å². The molecule has 1 aliphatic heterocycles. The van der Waals surface area contributed by atoms with Gasteiger partial charge in [0.1, 0.15) is 11.5 Å². The quantitative estimate of drug-likeness (QED) is 0.227. The number of ether oxygens (including phenoxy) is 1. The topological polar surface area (TPSA) is 79.7 Å². The Morgan fingerprint density at radius 1 is 0.943 bits per heavy atom. The summed E-state index contributed by atoms with van der Waals surface area (Å²) in [5, 5.41) is 13.1. The second kappa shape index (κ2) is 9.43. The number of aromatic nitrogens is 1. The molecule has 35 heavy (non-hydrogen) atoms. The third kappa shape index (κ3) is 4.04. The van der Waals surface area contributed by atoms with E-state index < -0.39 is 17.7 Å². The molecule has 4 aromatic rings. The number of hydrogen-bond acceptors (Lipinski definition) is 5. The highest BCUT2D eigenvalue weighted by atomic mass is 16.5. The lowest BCUT2D eigenvalue weighted by molar-refractivity contribution is -0.132. The number of benzene rings is 3. The van der Waals surface area contributed by atoms with Crippen molar-refractivity contribution in [3.63, 3.8) is 0 Å². The molecule has 5 rings (SSSR count). The van der Waals surface area contributed by atoms with Crippen molar-refractivity contribution in [3.8, 4) is 5.75 Å². The molecule has 6 nitrogen and oxygen atoms in total. The van der Waals surface area contributed by atoms with E-state index in [9.17, 15) is 14.7 Å². The number of aliphatic hydroxyl groups excluding tert-OH is 1. The minimum Gasteiger partial charge on any atom is -0.507 e. The molecule has 1 N–H and O–H groups in total. The Morgan fingerprint density at radius 3 is 2.40 bits per heavy atom. The number of amides is 1. The summed E-state index contributed by atoms with van der Waals surface area (Å²) in [6.07, 6.45) is 4.10. The van der Waals surface area contributed by atoms with E-state index in [-0.39, 0.29) is 11.3 Å². The number of fused-ring (bicyclic) bond motifs is 1. The molecule has 0 radical (unpaired) electrons. The molecule has 1 fully saturated rings. The first kappa shape index (κ1) is 22.3. The summed E-state index contributed by atoms with van der Waals surface area (Å²) in [4.78, 5) is 32.4. The van der Waals surface area contributed by atoms with Crippen molar-refractivity contribution in [3.05, 3.63) is 108 Å². The second-order valence-electron chi connectivity index (χ2n) is 8.32. The summed E-state index contributed by atoms with van der Waals surface area (Å²) < 4.78 is 5.63. The van der Waals surface area contributed by atoms with Crippen LogP contribution in [0.5, 0.6) is 5.75 Å². The number of carbonyl (C=O) groups is 2. The largest absolute Gasteiger partial charge is 0.507 e. The van der Waals surface area contributed by atoms with Crippen LogP contribution in [0.15, 0.2) is 96.8 Å². The fourth-order valence-corrected chi connectivity index (χ4v) is 4.44. The lowest BCUT2D eigenvalue weighted by Crippen LogP contribution is -2.29. The molecule has 2 heterocycles. The van der Waals surface area contributed by atoms with Crippen LogP contribution >= 0.6 is 0 Å². The van der Waals surface area contributed by atoms with E-state index >= 15 is 0 Å². The van der Waals surface area contributed by atoms with Crippen LogP contribution in [0.2, 0.25) is 0 Å². The molecule has 0 spiro atoms. The Bertz CT molecular complexity index is 1420. The van der Waals surface area contributed by atoms with Gasteiger partial charge in [0.15, 0.2) is 0 Å². The van der Waals surface area contributed by atoms with E-state index in [1.807, 2.05) is 49.4 Å².